The average molecular weight is 591 g/mol. The van der Waals surface area contributed by atoms with E-state index in [1.807, 2.05) is 26.0 Å². The molecule has 4 rings (SSSR count). The summed E-state index contributed by atoms with van der Waals surface area (Å²) < 4.78 is 78.6. The van der Waals surface area contributed by atoms with Crippen molar-refractivity contribution in [3.05, 3.63) is 83.9 Å². The number of thiophene rings is 2. The minimum absolute atomic E-state index is 0.348. The van der Waals surface area contributed by atoms with Gasteiger partial charge < -0.3 is 4.74 Å². The van der Waals surface area contributed by atoms with Crippen molar-refractivity contribution >= 4 is 54.9 Å². The summed E-state index contributed by atoms with van der Waals surface area (Å²) in [4.78, 5) is 0.696. The van der Waals surface area contributed by atoms with Crippen LogP contribution in [0.1, 0.15) is 11.1 Å². The number of benzene rings is 2. The highest BCUT2D eigenvalue weighted by atomic mass is 32.3. The first-order valence-electron chi connectivity index (χ1n) is 10.4. The SMILES string of the molecule is COc1ccc(Sc2ccc(S(OS(=O)(=O)C(F)(F)F)(c3ccc(C)cc3)c3ccc(C)cc3)s2)s1. The number of hydrogen-bond acceptors (Lipinski definition) is 7. The predicted octanol–water partition coefficient (Wildman–Crippen LogP) is 8.65. The molecule has 2 aromatic heterocycles. The Kier molecular flexibility index (Phi) is 7.84. The van der Waals surface area contributed by atoms with Crippen molar-refractivity contribution in [1.82, 2.24) is 0 Å². The second-order valence-electron chi connectivity index (χ2n) is 7.60. The van der Waals surface area contributed by atoms with Gasteiger partial charge in [-0.25, -0.2) is 0 Å². The number of alkyl halides is 3. The van der Waals surface area contributed by atoms with E-state index in [4.69, 9.17) is 8.37 Å². The van der Waals surface area contributed by atoms with Crippen molar-refractivity contribution in [3.8, 4) is 5.06 Å². The van der Waals surface area contributed by atoms with Gasteiger partial charge in [0.1, 0.15) is 0 Å². The Morgan fingerprint density at radius 1 is 0.750 bits per heavy atom. The van der Waals surface area contributed by atoms with Crippen LogP contribution in [-0.4, -0.2) is 21.0 Å². The van der Waals surface area contributed by atoms with Gasteiger partial charge in [-0.2, -0.15) is 25.2 Å². The van der Waals surface area contributed by atoms with Gasteiger partial charge in [-0.15, -0.1) is 11.3 Å². The third kappa shape index (κ3) is 5.48. The van der Waals surface area contributed by atoms with E-state index in [0.29, 0.717) is 14.0 Å². The average Bonchev–Trinajstić information content (AvgIpc) is 3.48. The molecule has 0 saturated heterocycles. The van der Waals surface area contributed by atoms with Crippen LogP contribution in [0, 0.1) is 13.8 Å². The second kappa shape index (κ2) is 10.4. The molecular weight excluding hydrogens is 570 g/mol. The van der Waals surface area contributed by atoms with E-state index in [1.54, 1.807) is 67.8 Å². The largest absolute Gasteiger partial charge is 0.524 e. The molecule has 192 valence electrons. The Labute approximate surface area is 221 Å². The fourth-order valence-corrected chi connectivity index (χ4v) is 12.3. The summed E-state index contributed by atoms with van der Waals surface area (Å²) in [5.41, 5.74) is -3.82. The fourth-order valence-electron chi connectivity index (χ4n) is 3.19. The summed E-state index contributed by atoms with van der Waals surface area (Å²) in [6.45, 7) is 3.68. The normalized spacial score (nSPS) is 13.1. The number of aryl methyl sites for hydroxylation is 2. The zero-order valence-electron chi connectivity index (χ0n) is 19.2. The summed E-state index contributed by atoms with van der Waals surface area (Å²) >= 11 is 4.06. The molecular formula is C24H21F3O4S5. The lowest BCUT2D eigenvalue weighted by atomic mass is 10.2. The highest BCUT2D eigenvalue weighted by Crippen LogP contribution is 2.72. The molecule has 0 N–H and O–H groups in total. The zero-order chi connectivity index (χ0) is 26.1. The van der Waals surface area contributed by atoms with Crippen molar-refractivity contribution < 1.29 is 30.0 Å². The molecule has 0 spiro atoms. The Morgan fingerprint density at radius 3 is 1.72 bits per heavy atom. The Balaban J connectivity index is 1.93. The smallest absolute Gasteiger partial charge is 0.487 e. The summed E-state index contributed by atoms with van der Waals surface area (Å²) in [5.74, 6) is 0. The van der Waals surface area contributed by atoms with Crippen LogP contribution in [0.2, 0.25) is 0 Å². The molecule has 2 aromatic carbocycles. The van der Waals surface area contributed by atoms with Gasteiger partial charge in [0.15, 0.2) is 5.06 Å². The van der Waals surface area contributed by atoms with Crippen molar-refractivity contribution in [1.29, 1.82) is 0 Å². The van der Waals surface area contributed by atoms with Crippen LogP contribution >= 0.6 is 44.7 Å². The maximum atomic E-state index is 13.7. The Bertz CT molecular complexity index is 1390. The number of halogens is 3. The molecule has 0 fully saturated rings. The standard InChI is InChI=1S/C24H21F3O4S5/c1-16-4-8-18(9-5-16)35(19-10-6-17(2)7-11-19,31-36(28,29)24(25,26)27)23-15-14-22(34-23)33-21-13-12-20(30-3)32-21/h4-15H,1-3H3. The second-order valence-corrected chi connectivity index (χ2v) is 16.0. The molecule has 0 aliphatic rings. The van der Waals surface area contributed by atoms with Crippen molar-refractivity contribution in [3.63, 3.8) is 0 Å². The molecule has 4 nitrogen and oxygen atoms in total. The van der Waals surface area contributed by atoms with Crippen LogP contribution in [-0.2, 0) is 13.7 Å². The van der Waals surface area contributed by atoms with E-state index in [0.717, 1.165) is 24.6 Å². The number of rotatable bonds is 8. The topological polar surface area (TPSA) is 52.6 Å². The maximum Gasteiger partial charge on any atom is 0.524 e. The van der Waals surface area contributed by atoms with Crippen LogP contribution in [0.5, 0.6) is 5.06 Å². The molecule has 12 heteroatoms. The van der Waals surface area contributed by atoms with Crippen LogP contribution in [0.4, 0.5) is 13.2 Å². The molecule has 2 heterocycles. The first kappa shape index (κ1) is 27.1. The van der Waals surface area contributed by atoms with Gasteiger partial charge in [-0.3, -0.25) is 0 Å². The molecule has 4 aromatic rings. The Morgan fingerprint density at radius 2 is 1.25 bits per heavy atom. The molecule has 0 bridgehead atoms. The number of ether oxygens (including phenoxy) is 1. The van der Waals surface area contributed by atoms with Crippen molar-refractivity contribution in [2.24, 2.45) is 0 Å². The van der Waals surface area contributed by atoms with Gasteiger partial charge in [0.2, 0.25) is 0 Å². The highest BCUT2D eigenvalue weighted by molar-refractivity contribution is 8.34. The zero-order valence-corrected chi connectivity index (χ0v) is 23.3. The van der Waals surface area contributed by atoms with Crippen LogP contribution in [0.15, 0.2) is 95.2 Å². The number of hydrogen-bond donors (Lipinski definition) is 0. The van der Waals surface area contributed by atoms with Crippen LogP contribution < -0.4 is 4.74 Å². The molecule has 0 aliphatic carbocycles. The van der Waals surface area contributed by atoms with E-state index in [2.05, 4.69) is 0 Å². The van der Waals surface area contributed by atoms with Crippen molar-refractivity contribution in [2.45, 2.75) is 41.8 Å². The summed E-state index contributed by atoms with van der Waals surface area (Å²) in [6.07, 6.45) is 0. The first-order chi connectivity index (χ1) is 16.9. The molecule has 0 atom stereocenters. The van der Waals surface area contributed by atoms with Gasteiger partial charge in [0, 0.05) is 9.79 Å². The van der Waals surface area contributed by atoms with E-state index < -0.39 is 25.9 Å². The maximum absolute atomic E-state index is 13.7. The van der Waals surface area contributed by atoms with Gasteiger partial charge in [0.25, 0.3) is 0 Å². The molecule has 0 aliphatic heterocycles. The lowest BCUT2D eigenvalue weighted by Crippen LogP contribution is -2.27. The molecule has 0 radical (unpaired) electrons. The third-order valence-electron chi connectivity index (χ3n) is 4.98. The van der Waals surface area contributed by atoms with E-state index >= 15 is 0 Å². The quantitative estimate of drug-likeness (QED) is 0.192. The summed E-state index contributed by atoms with van der Waals surface area (Å²) in [6, 6.07) is 20.6. The van der Waals surface area contributed by atoms with E-state index in [-0.39, 0.29) is 0 Å². The highest BCUT2D eigenvalue weighted by Gasteiger charge is 2.52. The van der Waals surface area contributed by atoms with Gasteiger partial charge in [-0.1, -0.05) is 58.5 Å². The minimum atomic E-state index is -5.95. The van der Waals surface area contributed by atoms with Crippen LogP contribution in [0.3, 0.4) is 0 Å². The molecule has 0 saturated carbocycles. The minimum Gasteiger partial charge on any atom is -0.487 e. The van der Waals surface area contributed by atoms with Crippen molar-refractivity contribution in [2.75, 3.05) is 7.11 Å². The fraction of sp³-hybridized carbons (Fsp3) is 0.167. The van der Waals surface area contributed by atoms with Gasteiger partial charge in [0.05, 0.1) is 19.7 Å². The molecule has 0 unspecified atom stereocenters. The predicted molar refractivity (Wildman–Crippen MR) is 140 cm³/mol. The lowest BCUT2D eigenvalue weighted by molar-refractivity contribution is -0.0496. The summed E-state index contributed by atoms with van der Waals surface area (Å²) in [7, 11) is -7.68. The van der Waals surface area contributed by atoms with Gasteiger partial charge in [-0.05, 0) is 72.7 Å². The lowest BCUT2D eigenvalue weighted by Gasteiger charge is -2.38. The van der Waals surface area contributed by atoms with E-state index in [1.165, 1.54) is 34.4 Å². The van der Waals surface area contributed by atoms with Gasteiger partial charge >= 0.3 is 15.6 Å². The molecule has 0 amide bonds. The molecule has 36 heavy (non-hydrogen) atoms. The van der Waals surface area contributed by atoms with Crippen LogP contribution in [0.25, 0.3) is 0 Å². The number of methoxy groups -OCH3 is 1. The Hall–Kier alpha value is -1.96. The summed E-state index contributed by atoms with van der Waals surface area (Å²) in [5, 5.41) is 0.730. The third-order valence-corrected chi connectivity index (χ3v) is 13.8. The first-order valence-corrected chi connectivity index (χ1v) is 15.8. The van der Waals surface area contributed by atoms with E-state index in [9.17, 15) is 21.6 Å². The monoisotopic (exact) mass is 590 g/mol.